The molecule has 32 heavy (non-hydrogen) atoms. The second-order valence-electron chi connectivity index (χ2n) is 8.26. The van der Waals surface area contributed by atoms with Crippen LogP contribution in [-0.4, -0.2) is 44.3 Å². The molecule has 0 aliphatic carbocycles. The van der Waals surface area contributed by atoms with E-state index >= 15 is 0 Å². The molecule has 0 saturated carbocycles. The number of piperidine rings is 1. The lowest BCUT2D eigenvalue weighted by molar-refractivity contribution is -0.144. The number of hydrogen-bond acceptors (Lipinski definition) is 4. The van der Waals surface area contributed by atoms with Crippen molar-refractivity contribution in [3.05, 3.63) is 71.5 Å². The van der Waals surface area contributed by atoms with E-state index in [1.807, 2.05) is 60.4 Å². The van der Waals surface area contributed by atoms with Crippen LogP contribution in [0.5, 0.6) is 0 Å². The average Bonchev–Trinajstić information content (AvgIpc) is 3.16. The quantitative estimate of drug-likeness (QED) is 0.613. The van der Waals surface area contributed by atoms with Gasteiger partial charge in [-0.15, -0.1) is 0 Å². The smallest absolute Gasteiger partial charge is 0.320 e. The molecule has 1 atom stereocenters. The largest absolute Gasteiger partial charge is 0.480 e. The first-order chi connectivity index (χ1) is 15.4. The molecule has 1 aromatic heterocycles. The summed E-state index contributed by atoms with van der Waals surface area (Å²) in [5.74, 6) is -1.08. The topological polar surface area (TPSA) is 87.5 Å². The zero-order valence-electron chi connectivity index (χ0n) is 18.4. The summed E-state index contributed by atoms with van der Waals surface area (Å²) >= 11 is 0. The van der Waals surface area contributed by atoms with Gasteiger partial charge in [-0.25, -0.2) is 0 Å². The Bertz CT molecular complexity index is 1120. The molecule has 1 fully saturated rings. The van der Waals surface area contributed by atoms with Crippen molar-refractivity contribution in [1.82, 2.24) is 14.7 Å². The molecule has 1 amide bonds. The highest BCUT2D eigenvalue weighted by molar-refractivity contribution is 6.03. The van der Waals surface area contributed by atoms with E-state index in [1.165, 1.54) is 0 Å². The van der Waals surface area contributed by atoms with Crippen LogP contribution in [0.4, 0.5) is 5.69 Å². The van der Waals surface area contributed by atoms with E-state index in [-0.39, 0.29) is 5.91 Å². The average molecular weight is 433 g/mol. The van der Waals surface area contributed by atoms with Gasteiger partial charge in [0.2, 0.25) is 0 Å². The number of aryl methyl sites for hydroxylation is 1. The molecule has 1 saturated heterocycles. The summed E-state index contributed by atoms with van der Waals surface area (Å²) < 4.78 is 1.66. The second kappa shape index (κ2) is 9.36. The van der Waals surface area contributed by atoms with Gasteiger partial charge < -0.3 is 10.4 Å². The zero-order valence-corrected chi connectivity index (χ0v) is 18.4. The Morgan fingerprint density at radius 2 is 1.91 bits per heavy atom. The number of carbonyl (C=O) groups excluding carboxylic acids is 1. The van der Waals surface area contributed by atoms with Crippen LogP contribution in [0, 0.1) is 6.92 Å². The standard InChI is InChI=1S/C25H28N4O3/c1-17-20(18-9-4-3-5-10-18)11-8-12-21(17)26-24(30)22-15-19(28(2)27-22)16-29-14-7-6-13-23(29)25(31)32/h3-5,8-12,15,23H,6-7,13-14,16H2,1-2H3,(H,26,30)(H,31,32)/t23-/m0/s1. The number of rotatable bonds is 6. The number of benzene rings is 2. The van der Waals surface area contributed by atoms with Crippen LogP contribution in [0.25, 0.3) is 11.1 Å². The number of nitrogens with one attached hydrogen (secondary N) is 1. The van der Waals surface area contributed by atoms with E-state index in [0.29, 0.717) is 18.7 Å². The second-order valence-corrected chi connectivity index (χ2v) is 8.26. The molecule has 0 unspecified atom stereocenters. The molecule has 0 spiro atoms. The third-order valence-corrected chi connectivity index (χ3v) is 6.14. The van der Waals surface area contributed by atoms with E-state index in [2.05, 4.69) is 10.4 Å². The number of anilines is 1. The van der Waals surface area contributed by atoms with Crippen molar-refractivity contribution in [2.24, 2.45) is 7.05 Å². The SMILES string of the molecule is Cc1c(NC(=O)c2cc(CN3CCCC[C@H]3C(=O)O)n(C)n2)cccc1-c1ccccc1. The molecule has 7 nitrogen and oxygen atoms in total. The Morgan fingerprint density at radius 1 is 1.12 bits per heavy atom. The summed E-state index contributed by atoms with van der Waals surface area (Å²) in [5, 5.41) is 16.9. The van der Waals surface area contributed by atoms with Crippen molar-refractivity contribution in [3.63, 3.8) is 0 Å². The number of carboxylic acid groups (broad SMARTS) is 1. The van der Waals surface area contributed by atoms with Crippen LogP contribution in [0.3, 0.4) is 0 Å². The number of nitrogens with zero attached hydrogens (tertiary/aromatic N) is 3. The number of hydrogen-bond donors (Lipinski definition) is 2. The lowest BCUT2D eigenvalue weighted by Crippen LogP contribution is -2.44. The molecule has 2 N–H and O–H groups in total. The predicted molar refractivity (Wildman–Crippen MR) is 123 cm³/mol. The van der Waals surface area contributed by atoms with Crippen molar-refractivity contribution in [2.45, 2.75) is 38.8 Å². The van der Waals surface area contributed by atoms with Gasteiger partial charge in [-0.3, -0.25) is 19.2 Å². The van der Waals surface area contributed by atoms with Gasteiger partial charge in [-0.2, -0.15) is 5.10 Å². The van der Waals surface area contributed by atoms with Crippen molar-refractivity contribution in [3.8, 4) is 11.1 Å². The Labute approximate surface area is 187 Å². The maximum atomic E-state index is 12.9. The lowest BCUT2D eigenvalue weighted by Gasteiger charge is -2.32. The predicted octanol–water partition coefficient (Wildman–Crippen LogP) is 4.09. The van der Waals surface area contributed by atoms with Gasteiger partial charge in [-0.05, 0) is 55.1 Å². The Hall–Kier alpha value is -3.45. The number of likely N-dealkylation sites (tertiary alicyclic amines) is 1. The molecule has 3 aromatic rings. The number of carbonyl (C=O) groups is 2. The third kappa shape index (κ3) is 4.57. The van der Waals surface area contributed by atoms with E-state index in [4.69, 9.17) is 0 Å². The Balaban J connectivity index is 1.51. The summed E-state index contributed by atoms with van der Waals surface area (Å²) in [5.41, 5.74) is 5.02. The summed E-state index contributed by atoms with van der Waals surface area (Å²) in [6.07, 6.45) is 2.55. The van der Waals surface area contributed by atoms with Crippen LogP contribution >= 0.6 is 0 Å². The normalized spacial score (nSPS) is 16.6. The molecule has 2 heterocycles. The van der Waals surface area contributed by atoms with E-state index in [0.717, 1.165) is 47.5 Å². The zero-order chi connectivity index (χ0) is 22.7. The van der Waals surface area contributed by atoms with Crippen molar-refractivity contribution in [1.29, 1.82) is 0 Å². The number of carboxylic acids is 1. The maximum absolute atomic E-state index is 12.9. The van der Waals surface area contributed by atoms with Crippen LogP contribution in [0.1, 0.15) is 41.0 Å². The number of aliphatic carboxylic acids is 1. The summed E-state index contributed by atoms with van der Waals surface area (Å²) in [6, 6.07) is 17.2. The molecule has 7 heteroatoms. The first-order valence-corrected chi connectivity index (χ1v) is 10.9. The molecule has 0 radical (unpaired) electrons. The van der Waals surface area contributed by atoms with Crippen LogP contribution in [-0.2, 0) is 18.4 Å². The minimum Gasteiger partial charge on any atom is -0.480 e. The Kier molecular flexibility index (Phi) is 6.37. The molecule has 4 rings (SSSR count). The van der Waals surface area contributed by atoms with Gasteiger partial charge in [-0.1, -0.05) is 48.9 Å². The molecular formula is C25H28N4O3. The highest BCUT2D eigenvalue weighted by Crippen LogP contribution is 2.28. The van der Waals surface area contributed by atoms with Gasteiger partial charge in [0.15, 0.2) is 5.69 Å². The number of amides is 1. The minimum atomic E-state index is -0.793. The third-order valence-electron chi connectivity index (χ3n) is 6.14. The van der Waals surface area contributed by atoms with Crippen LogP contribution in [0.15, 0.2) is 54.6 Å². The van der Waals surface area contributed by atoms with Crippen LogP contribution < -0.4 is 5.32 Å². The molecule has 0 bridgehead atoms. The van der Waals surface area contributed by atoms with Crippen LogP contribution in [0.2, 0.25) is 0 Å². The van der Waals surface area contributed by atoms with E-state index in [9.17, 15) is 14.7 Å². The summed E-state index contributed by atoms with van der Waals surface area (Å²) in [7, 11) is 1.78. The van der Waals surface area contributed by atoms with E-state index in [1.54, 1.807) is 17.8 Å². The maximum Gasteiger partial charge on any atom is 0.320 e. The van der Waals surface area contributed by atoms with Gasteiger partial charge in [0.05, 0.1) is 5.69 Å². The lowest BCUT2D eigenvalue weighted by atomic mass is 9.99. The van der Waals surface area contributed by atoms with Crippen molar-refractivity contribution < 1.29 is 14.7 Å². The van der Waals surface area contributed by atoms with Gasteiger partial charge in [0.25, 0.3) is 5.91 Å². The fourth-order valence-corrected chi connectivity index (χ4v) is 4.32. The molecule has 1 aliphatic heterocycles. The first-order valence-electron chi connectivity index (χ1n) is 10.9. The number of aromatic nitrogens is 2. The fraction of sp³-hybridized carbons (Fsp3) is 0.320. The van der Waals surface area contributed by atoms with Crippen molar-refractivity contribution >= 4 is 17.6 Å². The van der Waals surface area contributed by atoms with Gasteiger partial charge in [0, 0.05) is 19.3 Å². The minimum absolute atomic E-state index is 0.284. The van der Waals surface area contributed by atoms with Gasteiger partial charge in [0.1, 0.15) is 6.04 Å². The van der Waals surface area contributed by atoms with Gasteiger partial charge >= 0.3 is 5.97 Å². The summed E-state index contributed by atoms with van der Waals surface area (Å²) in [6.45, 7) is 3.18. The first kappa shape index (κ1) is 21.8. The fourth-order valence-electron chi connectivity index (χ4n) is 4.32. The van der Waals surface area contributed by atoms with Crippen molar-refractivity contribution in [2.75, 3.05) is 11.9 Å². The highest BCUT2D eigenvalue weighted by atomic mass is 16.4. The molecule has 2 aromatic carbocycles. The monoisotopic (exact) mass is 432 g/mol. The molecule has 166 valence electrons. The Morgan fingerprint density at radius 3 is 2.66 bits per heavy atom. The highest BCUT2D eigenvalue weighted by Gasteiger charge is 2.29. The summed E-state index contributed by atoms with van der Waals surface area (Å²) in [4.78, 5) is 26.5. The molecule has 1 aliphatic rings. The van der Waals surface area contributed by atoms with E-state index < -0.39 is 12.0 Å². The molecular weight excluding hydrogens is 404 g/mol.